The number of hydrogen-bond acceptors (Lipinski definition) is 3. The largest absolute Gasteiger partial charge is 0.387 e. The summed E-state index contributed by atoms with van der Waals surface area (Å²) in [5.74, 6) is 0.128. The van der Waals surface area contributed by atoms with E-state index in [-0.39, 0.29) is 5.91 Å². The van der Waals surface area contributed by atoms with Gasteiger partial charge in [-0.3, -0.25) is 4.79 Å². The zero-order valence-corrected chi connectivity index (χ0v) is 10.4. The minimum absolute atomic E-state index is 0.128. The first kappa shape index (κ1) is 13.1. The smallest absolute Gasteiger partial charge is 0.220 e. The molecule has 3 N–H and O–H groups in total. The van der Waals surface area contributed by atoms with E-state index < -0.39 is 6.10 Å². The summed E-state index contributed by atoms with van der Waals surface area (Å²) in [5, 5.41) is 16.2. The number of carbonyl (C=O) groups is 1. The summed E-state index contributed by atoms with van der Waals surface area (Å²) in [7, 11) is 0. The highest BCUT2D eigenvalue weighted by atomic mass is 16.3. The first-order chi connectivity index (χ1) is 8.75. The summed E-state index contributed by atoms with van der Waals surface area (Å²) in [4.78, 5) is 11.2. The third-order valence-corrected chi connectivity index (χ3v) is 3.32. The van der Waals surface area contributed by atoms with Crippen molar-refractivity contribution in [2.24, 2.45) is 0 Å². The molecule has 4 nitrogen and oxygen atoms in total. The van der Waals surface area contributed by atoms with Crippen LogP contribution in [0, 0.1) is 0 Å². The number of rotatable bonds is 4. The SMILES string of the molecule is O=C1CCC(NC[C@H](O)c2ccccc2)CCN1. The van der Waals surface area contributed by atoms with Crippen molar-refractivity contribution in [2.45, 2.75) is 31.4 Å². The first-order valence-electron chi connectivity index (χ1n) is 6.49. The Hall–Kier alpha value is -1.39. The molecule has 1 aromatic carbocycles. The molecule has 1 unspecified atom stereocenters. The van der Waals surface area contributed by atoms with E-state index in [1.165, 1.54) is 0 Å². The minimum Gasteiger partial charge on any atom is -0.387 e. The average molecular weight is 248 g/mol. The maximum atomic E-state index is 11.2. The molecule has 4 heteroatoms. The van der Waals surface area contributed by atoms with Crippen LogP contribution < -0.4 is 10.6 Å². The zero-order chi connectivity index (χ0) is 12.8. The van der Waals surface area contributed by atoms with E-state index in [1.54, 1.807) is 0 Å². The van der Waals surface area contributed by atoms with Crippen LogP contribution in [0.2, 0.25) is 0 Å². The number of carbonyl (C=O) groups excluding carboxylic acids is 1. The van der Waals surface area contributed by atoms with Gasteiger partial charge in [0.1, 0.15) is 0 Å². The third-order valence-electron chi connectivity index (χ3n) is 3.32. The Morgan fingerprint density at radius 3 is 2.89 bits per heavy atom. The maximum Gasteiger partial charge on any atom is 0.220 e. The molecule has 1 fully saturated rings. The number of aliphatic hydroxyl groups is 1. The molecule has 0 aliphatic carbocycles. The second-order valence-corrected chi connectivity index (χ2v) is 4.71. The molecule has 0 aromatic heterocycles. The third kappa shape index (κ3) is 3.82. The van der Waals surface area contributed by atoms with Gasteiger partial charge in [-0.15, -0.1) is 0 Å². The molecule has 1 aliphatic rings. The van der Waals surface area contributed by atoms with Crippen LogP contribution in [0.25, 0.3) is 0 Å². The van der Waals surface area contributed by atoms with Crippen LogP contribution in [-0.2, 0) is 4.79 Å². The van der Waals surface area contributed by atoms with Crippen molar-refractivity contribution in [3.8, 4) is 0 Å². The van der Waals surface area contributed by atoms with Crippen molar-refractivity contribution in [3.63, 3.8) is 0 Å². The summed E-state index contributed by atoms with van der Waals surface area (Å²) in [6.45, 7) is 1.25. The fourth-order valence-electron chi connectivity index (χ4n) is 2.20. The van der Waals surface area contributed by atoms with Gasteiger partial charge in [-0.2, -0.15) is 0 Å². The summed E-state index contributed by atoms with van der Waals surface area (Å²) < 4.78 is 0. The molecule has 1 amide bonds. The number of aliphatic hydroxyl groups excluding tert-OH is 1. The zero-order valence-electron chi connectivity index (χ0n) is 10.4. The number of nitrogens with one attached hydrogen (secondary N) is 2. The highest BCUT2D eigenvalue weighted by Crippen LogP contribution is 2.12. The van der Waals surface area contributed by atoms with Gasteiger partial charge in [0.05, 0.1) is 6.10 Å². The van der Waals surface area contributed by atoms with Crippen molar-refractivity contribution >= 4 is 5.91 Å². The molecule has 0 bridgehead atoms. The van der Waals surface area contributed by atoms with Gasteiger partial charge < -0.3 is 15.7 Å². The average Bonchev–Trinajstić information content (AvgIpc) is 2.62. The lowest BCUT2D eigenvalue weighted by Crippen LogP contribution is -2.33. The van der Waals surface area contributed by atoms with E-state index in [4.69, 9.17) is 0 Å². The second-order valence-electron chi connectivity index (χ2n) is 4.71. The highest BCUT2D eigenvalue weighted by Gasteiger charge is 2.16. The van der Waals surface area contributed by atoms with Gasteiger partial charge in [0.2, 0.25) is 5.91 Å². The number of hydrogen-bond donors (Lipinski definition) is 3. The van der Waals surface area contributed by atoms with Gasteiger partial charge >= 0.3 is 0 Å². The van der Waals surface area contributed by atoms with Gasteiger partial charge in [-0.05, 0) is 18.4 Å². The van der Waals surface area contributed by atoms with Crippen LogP contribution in [0.4, 0.5) is 0 Å². The molecule has 1 heterocycles. The Morgan fingerprint density at radius 2 is 2.11 bits per heavy atom. The van der Waals surface area contributed by atoms with E-state index in [0.29, 0.717) is 19.0 Å². The molecule has 1 aromatic rings. The number of amides is 1. The van der Waals surface area contributed by atoms with Gasteiger partial charge in [0.25, 0.3) is 0 Å². The van der Waals surface area contributed by atoms with Crippen molar-refractivity contribution in [1.29, 1.82) is 0 Å². The summed E-state index contributed by atoms with van der Waals surface area (Å²) in [6.07, 6.45) is 1.85. The predicted octanol–water partition coefficient (Wildman–Crippen LogP) is 0.978. The molecular formula is C14H20N2O2. The number of benzene rings is 1. The van der Waals surface area contributed by atoms with Crippen LogP contribution in [0.1, 0.15) is 30.9 Å². The Balaban J connectivity index is 1.79. The van der Waals surface area contributed by atoms with Crippen LogP contribution >= 0.6 is 0 Å². The fourth-order valence-corrected chi connectivity index (χ4v) is 2.20. The van der Waals surface area contributed by atoms with Crippen molar-refractivity contribution in [2.75, 3.05) is 13.1 Å². The lowest BCUT2D eigenvalue weighted by atomic mass is 10.1. The summed E-state index contributed by atoms with van der Waals surface area (Å²) >= 11 is 0. The Labute approximate surface area is 107 Å². The maximum absolute atomic E-state index is 11.2. The second kappa shape index (κ2) is 6.52. The topological polar surface area (TPSA) is 61.4 Å². The molecule has 1 aliphatic heterocycles. The van der Waals surface area contributed by atoms with Crippen LogP contribution in [0.5, 0.6) is 0 Å². The Bertz CT molecular complexity index is 381. The quantitative estimate of drug-likeness (QED) is 0.744. The molecule has 98 valence electrons. The summed E-state index contributed by atoms with van der Waals surface area (Å²) in [5.41, 5.74) is 0.924. The normalized spacial score (nSPS) is 22.1. The van der Waals surface area contributed by atoms with Gasteiger partial charge in [0.15, 0.2) is 0 Å². The highest BCUT2D eigenvalue weighted by molar-refractivity contribution is 5.76. The van der Waals surface area contributed by atoms with Crippen LogP contribution in [0.15, 0.2) is 30.3 Å². The minimum atomic E-state index is -0.488. The van der Waals surface area contributed by atoms with Crippen LogP contribution in [0.3, 0.4) is 0 Å². The van der Waals surface area contributed by atoms with E-state index in [2.05, 4.69) is 10.6 Å². The Morgan fingerprint density at radius 1 is 1.33 bits per heavy atom. The van der Waals surface area contributed by atoms with Gasteiger partial charge in [0, 0.05) is 25.6 Å². The lowest BCUT2D eigenvalue weighted by Gasteiger charge is -2.18. The molecule has 0 radical (unpaired) electrons. The van der Waals surface area contributed by atoms with Crippen molar-refractivity contribution < 1.29 is 9.90 Å². The van der Waals surface area contributed by atoms with E-state index in [0.717, 1.165) is 24.9 Å². The van der Waals surface area contributed by atoms with E-state index in [1.807, 2.05) is 30.3 Å². The fraction of sp³-hybridized carbons (Fsp3) is 0.500. The van der Waals surface area contributed by atoms with Gasteiger partial charge in [-0.1, -0.05) is 30.3 Å². The van der Waals surface area contributed by atoms with Crippen LogP contribution in [-0.4, -0.2) is 30.1 Å². The Kier molecular flexibility index (Phi) is 4.73. The van der Waals surface area contributed by atoms with Gasteiger partial charge in [-0.25, -0.2) is 0 Å². The monoisotopic (exact) mass is 248 g/mol. The summed E-state index contributed by atoms with van der Waals surface area (Å²) in [6, 6.07) is 9.93. The van der Waals surface area contributed by atoms with E-state index >= 15 is 0 Å². The molecule has 2 rings (SSSR count). The lowest BCUT2D eigenvalue weighted by molar-refractivity contribution is -0.120. The first-order valence-corrected chi connectivity index (χ1v) is 6.49. The van der Waals surface area contributed by atoms with Crippen molar-refractivity contribution in [1.82, 2.24) is 10.6 Å². The standard InChI is InChI=1S/C14H20N2O2/c17-13(11-4-2-1-3-5-11)10-16-12-6-7-14(18)15-9-8-12/h1-5,12-13,16-17H,6-10H2,(H,15,18)/t12?,13-/m0/s1. The molecular weight excluding hydrogens is 228 g/mol. The molecule has 0 saturated carbocycles. The van der Waals surface area contributed by atoms with E-state index in [9.17, 15) is 9.90 Å². The molecule has 1 saturated heterocycles. The predicted molar refractivity (Wildman–Crippen MR) is 70.1 cm³/mol. The van der Waals surface area contributed by atoms with Crippen molar-refractivity contribution in [3.05, 3.63) is 35.9 Å². The molecule has 0 spiro atoms. The molecule has 18 heavy (non-hydrogen) atoms. The molecule has 2 atom stereocenters.